The van der Waals surface area contributed by atoms with E-state index >= 15 is 0 Å². The van der Waals surface area contributed by atoms with Crippen molar-refractivity contribution >= 4 is 45.2 Å². The first-order chi connectivity index (χ1) is 14.5. The van der Waals surface area contributed by atoms with Crippen LogP contribution in [0.3, 0.4) is 0 Å². The molecule has 11 heteroatoms. The van der Waals surface area contributed by atoms with Crippen LogP contribution in [0.5, 0.6) is 0 Å². The second-order valence-electron chi connectivity index (χ2n) is 6.47. The van der Waals surface area contributed by atoms with Gasteiger partial charge in [-0.1, -0.05) is 17.7 Å². The molecule has 2 aromatic carbocycles. The molecule has 166 valence electrons. The largest absolute Gasteiger partial charge is 0.465 e. The van der Waals surface area contributed by atoms with E-state index in [2.05, 4.69) is 14.8 Å². The minimum Gasteiger partial charge on any atom is -0.465 e. The standard InChI is InChI=1S/C20H21ClN2O7S/c1-12-4-5-14(20(26)29-3)10-17(12)22-18(24)11-30-19(25)13(2)23-31(27,28)16-8-6-15(21)7-9-16/h4-10,13,23H,11H2,1-3H3,(H,22,24)/t13-/m0/s1. The third kappa shape index (κ3) is 6.78. The first kappa shape index (κ1) is 24.3. The molecular weight excluding hydrogens is 448 g/mol. The van der Waals surface area contributed by atoms with E-state index in [0.717, 1.165) is 0 Å². The van der Waals surface area contributed by atoms with Crippen LogP contribution in [0.2, 0.25) is 5.02 Å². The monoisotopic (exact) mass is 468 g/mol. The molecule has 0 spiro atoms. The lowest BCUT2D eigenvalue weighted by Gasteiger charge is -2.14. The molecule has 0 aromatic heterocycles. The number of esters is 2. The fraction of sp³-hybridized carbons (Fsp3) is 0.250. The van der Waals surface area contributed by atoms with Gasteiger partial charge in [0.2, 0.25) is 10.0 Å². The van der Waals surface area contributed by atoms with Crippen LogP contribution >= 0.6 is 11.6 Å². The summed E-state index contributed by atoms with van der Waals surface area (Å²) < 4.78 is 36.3. The normalized spacial score (nSPS) is 12.0. The Hall–Kier alpha value is -2.95. The number of carbonyl (C=O) groups is 3. The highest BCUT2D eigenvalue weighted by Crippen LogP contribution is 2.18. The van der Waals surface area contributed by atoms with Gasteiger partial charge in [0.1, 0.15) is 6.04 Å². The second kappa shape index (κ2) is 10.4. The molecule has 0 heterocycles. The van der Waals surface area contributed by atoms with Crippen molar-refractivity contribution < 1.29 is 32.3 Å². The van der Waals surface area contributed by atoms with Gasteiger partial charge in [-0.2, -0.15) is 4.72 Å². The molecule has 2 N–H and O–H groups in total. The molecule has 0 aliphatic rings. The minimum atomic E-state index is -3.98. The number of carbonyl (C=O) groups excluding carboxylic acids is 3. The van der Waals surface area contributed by atoms with Gasteiger partial charge in [0.25, 0.3) is 5.91 Å². The Morgan fingerprint density at radius 1 is 1.10 bits per heavy atom. The molecule has 0 aliphatic heterocycles. The van der Waals surface area contributed by atoms with Crippen molar-refractivity contribution in [1.29, 1.82) is 0 Å². The Kier molecular flexibility index (Phi) is 8.14. The second-order valence-corrected chi connectivity index (χ2v) is 8.62. The van der Waals surface area contributed by atoms with E-state index < -0.39 is 40.5 Å². The van der Waals surface area contributed by atoms with E-state index in [9.17, 15) is 22.8 Å². The highest BCUT2D eigenvalue weighted by Gasteiger charge is 2.24. The molecule has 0 aliphatic carbocycles. The third-order valence-corrected chi connectivity index (χ3v) is 5.90. The summed E-state index contributed by atoms with van der Waals surface area (Å²) in [5.41, 5.74) is 1.27. The Morgan fingerprint density at radius 3 is 2.35 bits per heavy atom. The summed E-state index contributed by atoms with van der Waals surface area (Å²) in [6, 6.07) is 8.76. The van der Waals surface area contributed by atoms with Gasteiger partial charge >= 0.3 is 11.9 Å². The molecule has 0 saturated heterocycles. The Labute approximate surface area is 184 Å². The number of methoxy groups -OCH3 is 1. The van der Waals surface area contributed by atoms with E-state index in [0.29, 0.717) is 16.3 Å². The number of rotatable bonds is 8. The fourth-order valence-corrected chi connectivity index (χ4v) is 3.73. The van der Waals surface area contributed by atoms with E-state index in [1.807, 2.05) is 0 Å². The molecule has 0 unspecified atom stereocenters. The number of nitrogens with one attached hydrogen (secondary N) is 2. The average molecular weight is 469 g/mol. The molecule has 1 amide bonds. The number of halogens is 1. The number of aryl methyl sites for hydroxylation is 1. The van der Waals surface area contributed by atoms with E-state index in [-0.39, 0.29) is 10.5 Å². The Morgan fingerprint density at radius 2 is 1.74 bits per heavy atom. The summed E-state index contributed by atoms with van der Waals surface area (Å²) in [6.07, 6.45) is 0. The Bertz CT molecular complexity index is 1090. The maximum Gasteiger partial charge on any atom is 0.337 e. The third-order valence-electron chi connectivity index (χ3n) is 4.09. The van der Waals surface area contributed by atoms with Gasteiger partial charge in [-0.05, 0) is 55.8 Å². The first-order valence-corrected chi connectivity index (χ1v) is 10.8. The molecule has 0 radical (unpaired) electrons. The fourth-order valence-electron chi connectivity index (χ4n) is 2.41. The molecule has 0 bridgehead atoms. The summed E-state index contributed by atoms with van der Waals surface area (Å²) in [5, 5.41) is 2.89. The van der Waals surface area contributed by atoms with E-state index in [1.54, 1.807) is 19.1 Å². The summed E-state index contributed by atoms with van der Waals surface area (Å²) in [4.78, 5) is 35.8. The van der Waals surface area contributed by atoms with Crippen molar-refractivity contribution in [3.05, 3.63) is 58.6 Å². The van der Waals surface area contributed by atoms with Crippen LogP contribution in [0.1, 0.15) is 22.8 Å². The van der Waals surface area contributed by atoms with Crippen LogP contribution in [0, 0.1) is 6.92 Å². The van der Waals surface area contributed by atoms with Gasteiger partial charge in [0.15, 0.2) is 6.61 Å². The number of hydrogen-bond donors (Lipinski definition) is 2. The average Bonchev–Trinajstić information content (AvgIpc) is 2.72. The zero-order valence-electron chi connectivity index (χ0n) is 17.0. The predicted molar refractivity (Wildman–Crippen MR) is 113 cm³/mol. The smallest absolute Gasteiger partial charge is 0.337 e. The van der Waals surface area contributed by atoms with Gasteiger partial charge < -0.3 is 14.8 Å². The van der Waals surface area contributed by atoms with Crippen LogP contribution < -0.4 is 10.0 Å². The molecule has 2 rings (SSSR count). The lowest BCUT2D eigenvalue weighted by atomic mass is 10.1. The van der Waals surface area contributed by atoms with Gasteiger partial charge in [-0.25, -0.2) is 13.2 Å². The number of benzene rings is 2. The molecule has 0 saturated carbocycles. The van der Waals surface area contributed by atoms with Crippen LogP contribution in [-0.2, 0) is 29.1 Å². The van der Waals surface area contributed by atoms with Crippen molar-refractivity contribution in [2.45, 2.75) is 24.8 Å². The van der Waals surface area contributed by atoms with Crippen molar-refractivity contribution in [2.75, 3.05) is 19.0 Å². The Balaban J connectivity index is 1.94. The van der Waals surface area contributed by atoms with Crippen LogP contribution in [0.15, 0.2) is 47.4 Å². The summed E-state index contributed by atoms with van der Waals surface area (Å²) in [7, 11) is -2.74. The molecular formula is C20H21ClN2O7S. The first-order valence-electron chi connectivity index (χ1n) is 8.97. The number of amides is 1. The van der Waals surface area contributed by atoms with Gasteiger partial charge in [0, 0.05) is 10.7 Å². The van der Waals surface area contributed by atoms with Crippen LogP contribution in [0.25, 0.3) is 0 Å². The van der Waals surface area contributed by atoms with Crippen molar-refractivity contribution in [3.63, 3.8) is 0 Å². The van der Waals surface area contributed by atoms with Gasteiger partial charge in [-0.3, -0.25) is 9.59 Å². The molecule has 9 nitrogen and oxygen atoms in total. The SMILES string of the molecule is COC(=O)c1ccc(C)c(NC(=O)COC(=O)[C@H](C)NS(=O)(=O)c2ccc(Cl)cc2)c1. The van der Waals surface area contributed by atoms with Crippen molar-refractivity contribution in [1.82, 2.24) is 4.72 Å². The maximum absolute atomic E-state index is 12.3. The topological polar surface area (TPSA) is 128 Å². The highest BCUT2D eigenvalue weighted by atomic mass is 35.5. The predicted octanol–water partition coefficient (Wildman–Crippen LogP) is 2.28. The molecule has 31 heavy (non-hydrogen) atoms. The van der Waals surface area contributed by atoms with E-state index in [1.165, 1.54) is 44.4 Å². The minimum absolute atomic E-state index is 0.0738. The van der Waals surface area contributed by atoms with Crippen molar-refractivity contribution in [3.8, 4) is 0 Å². The van der Waals surface area contributed by atoms with Crippen LogP contribution in [-0.4, -0.2) is 46.0 Å². The number of ether oxygens (including phenoxy) is 2. The molecule has 1 atom stereocenters. The lowest BCUT2D eigenvalue weighted by Crippen LogP contribution is -2.40. The number of hydrogen-bond acceptors (Lipinski definition) is 7. The molecule has 2 aromatic rings. The van der Waals surface area contributed by atoms with Gasteiger partial charge in [0.05, 0.1) is 17.6 Å². The molecule has 0 fully saturated rings. The number of sulfonamides is 1. The van der Waals surface area contributed by atoms with Crippen LogP contribution in [0.4, 0.5) is 5.69 Å². The maximum atomic E-state index is 12.3. The summed E-state index contributed by atoms with van der Waals surface area (Å²) >= 11 is 5.74. The summed E-state index contributed by atoms with van der Waals surface area (Å²) in [5.74, 6) is -2.16. The van der Waals surface area contributed by atoms with E-state index in [4.69, 9.17) is 16.3 Å². The highest BCUT2D eigenvalue weighted by molar-refractivity contribution is 7.89. The zero-order chi connectivity index (χ0) is 23.2. The lowest BCUT2D eigenvalue weighted by molar-refractivity contribution is -0.148. The zero-order valence-corrected chi connectivity index (χ0v) is 18.5. The summed E-state index contributed by atoms with van der Waals surface area (Å²) in [6.45, 7) is 2.36. The van der Waals surface area contributed by atoms with Gasteiger partial charge in [-0.15, -0.1) is 0 Å². The quantitative estimate of drug-likeness (QED) is 0.569. The van der Waals surface area contributed by atoms with Crippen molar-refractivity contribution in [2.24, 2.45) is 0 Å². The number of anilines is 1.